The molecule has 1 rings (SSSR count). The average molecular weight is 280 g/mol. The quantitative estimate of drug-likeness (QED) is 0.805. The molecule has 0 bridgehead atoms. The molecule has 0 aromatic heterocycles. The molecule has 1 atom stereocenters. The molecule has 0 radical (unpaired) electrons. The number of carbonyl (C=O) groups is 2. The first-order chi connectivity index (χ1) is 9.08. The SMILES string of the molecule is CC(CCc1ccccc1)SCCC(=O)NC(N)=O. The Kier molecular flexibility index (Phi) is 7.03. The van der Waals surface area contributed by atoms with E-state index < -0.39 is 6.03 Å². The maximum absolute atomic E-state index is 11.2. The summed E-state index contributed by atoms with van der Waals surface area (Å²) in [6, 6.07) is 9.56. The van der Waals surface area contributed by atoms with E-state index in [0.29, 0.717) is 17.4 Å². The van der Waals surface area contributed by atoms with Gasteiger partial charge < -0.3 is 5.73 Å². The predicted molar refractivity (Wildman–Crippen MR) is 79.0 cm³/mol. The minimum Gasteiger partial charge on any atom is -0.351 e. The topological polar surface area (TPSA) is 72.2 Å². The van der Waals surface area contributed by atoms with Gasteiger partial charge in [0, 0.05) is 17.4 Å². The van der Waals surface area contributed by atoms with Gasteiger partial charge in [0.15, 0.2) is 0 Å². The zero-order chi connectivity index (χ0) is 14.1. The van der Waals surface area contributed by atoms with Crippen LogP contribution in [-0.2, 0) is 11.2 Å². The predicted octanol–water partition coefficient (Wildman–Crippen LogP) is 2.33. The van der Waals surface area contributed by atoms with Crippen LogP contribution in [0.3, 0.4) is 0 Å². The van der Waals surface area contributed by atoms with E-state index in [1.807, 2.05) is 18.2 Å². The van der Waals surface area contributed by atoms with Crippen molar-refractivity contribution in [1.29, 1.82) is 0 Å². The summed E-state index contributed by atoms with van der Waals surface area (Å²) in [5.74, 6) is 0.393. The number of benzene rings is 1. The lowest BCUT2D eigenvalue weighted by molar-refractivity contribution is -0.119. The molecule has 0 aliphatic carbocycles. The Balaban J connectivity index is 2.13. The fourth-order valence-corrected chi connectivity index (χ4v) is 2.64. The number of thioether (sulfide) groups is 1. The molecule has 0 fully saturated rings. The van der Waals surface area contributed by atoms with Gasteiger partial charge in [-0.05, 0) is 18.4 Å². The first kappa shape index (κ1) is 15.6. The first-order valence-electron chi connectivity index (χ1n) is 6.32. The van der Waals surface area contributed by atoms with Crippen LogP contribution in [0.4, 0.5) is 4.79 Å². The summed E-state index contributed by atoms with van der Waals surface area (Å²) in [6.07, 6.45) is 2.44. The van der Waals surface area contributed by atoms with Gasteiger partial charge in [-0.25, -0.2) is 4.79 Å². The minimum absolute atomic E-state index is 0.310. The number of nitrogens with two attached hydrogens (primary N) is 1. The van der Waals surface area contributed by atoms with Crippen molar-refractivity contribution in [3.05, 3.63) is 35.9 Å². The number of hydrogen-bond donors (Lipinski definition) is 2. The van der Waals surface area contributed by atoms with Gasteiger partial charge in [-0.1, -0.05) is 37.3 Å². The smallest absolute Gasteiger partial charge is 0.318 e. The van der Waals surface area contributed by atoms with Crippen LogP contribution in [0.5, 0.6) is 0 Å². The molecule has 3 amide bonds. The second-order valence-corrected chi connectivity index (χ2v) is 5.91. The number of primary amides is 1. The Morgan fingerprint density at radius 2 is 2.00 bits per heavy atom. The summed E-state index contributed by atoms with van der Waals surface area (Å²) in [6.45, 7) is 2.15. The third-order valence-electron chi connectivity index (χ3n) is 2.68. The van der Waals surface area contributed by atoms with Crippen molar-refractivity contribution in [2.24, 2.45) is 5.73 Å². The lowest BCUT2D eigenvalue weighted by Gasteiger charge is -2.10. The Bertz CT molecular complexity index is 409. The monoisotopic (exact) mass is 280 g/mol. The zero-order valence-corrected chi connectivity index (χ0v) is 11.9. The van der Waals surface area contributed by atoms with E-state index in [4.69, 9.17) is 5.73 Å². The second-order valence-electron chi connectivity index (χ2n) is 4.37. The van der Waals surface area contributed by atoms with Crippen molar-refractivity contribution in [2.45, 2.75) is 31.4 Å². The molecule has 0 saturated carbocycles. The van der Waals surface area contributed by atoms with Gasteiger partial charge in [-0.2, -0.15) is 11.8 Å². The van der Waals surface area contributed by atoms with E-state index in [2.05, 4.69) is 24.4 Å². The van der Waals surface area contributed by atoms with Crippen molar-refractivity contribution in [1.82, 2.24) is 5.32 Å². The summed E-state index contributed by atoms with van der Waals surface area (Å²) in [5.41, 5.74) is 6.19. The van der Waals surface area contributed by atoms with Crippen LogP contribution < -0.4 is 11.1 Å². The van der Waals surface area contributed by atoms with Crippen molar-refractivity contribution >= 4 is 23.7 Å². The molecular formula is C14H20N2O2S. The number of aryl methyl sites for hydroxylation is 1. The fourth-order valence-electron chi connectivity index (χ4n) is 1.65. The summed E-state index contributed by atoms with van der Waals surface area (Å²) >= 11 is 1.74. The van der Waals surface area contributed by atoms with E-state index in [0.717, 1.165) is 12.8 Å². The second kappa shape index (κ2) is 8.58. The Morgan fingerprint density at radius 1 is 1.32 bits per heavy atom. The third kappa shape index (κ3) is 7.51. The fraction of sp³-hybridized carbons (Fsp3) is 0.429. The first-order valence-corrected chi connectivity index (χ1v) is 7.37. The molecule has 0 heterocycles. The number of urea groups is 1. The van der Waals surface area contributed by atoms with Crippen LogP contribution in [0.2, 0.25) is 0 Å². The Labute approximate surface area is 118 Å². The van der Waals surface area contributed by atoms with Crippen LogP contribution in [0.15, 0.2) is 30.3 Å². The van der Waals surface area contributed by atoms with E-state index in [1.165, 1.54) is 5.56 Å². The van der Waals surface area contributed by atoms with Gasteiger partial charge in [-0.15, -0.1) is 0 Å². The lowest BCUT2D eigenvalue weighted by Crippen LogP contribution is -2.35. The number of hydrogen-bond acceptors (Lipinski definition) is 3. The minimum atomic E-state index is -0.785. The molecule has 0 aliphatic heterocycles. The molecule has 0 aliphatic rings. The van der Waals surface area contributed by atoms with E-state index >= 15 is 0 Å². The highest BCUT2D eigenvalue weighted by Gasteiger charge is 2.07. The molecule has 0 spiro atoms. The molecule has 0 saturated heterocycles. The van der Waals surface area contributed by atoms with Crippen molar-refractivity contribution in [3.8, 4) is 0 Å². The maximum Gasteiger partial charge on any atom is 0.318 e. The largest absolute Gasteiger partial charge is 0.351 e. The highest BCUT2D eigenvalue weighted by Crippen LogP contribution is 2.17. The van der Waals surface area contributed by atoms with Crippen molar-refractivity contribution in [3.63, 3.8) is 0 Å². The van der Waals surface area contributed by atoms with Crippen molar-refractivity contribution in [2.75, 3.05) is 5.75 Å². The number of carbonyl (C=O) groups excluding carboxylic acids is 2. The number of amides is 3. The van der Waals surface area contributed by atoms with Gasteiger partial charge in [0.2, 0.25) is 5.91 Å². The van der Waals surface area contributed by atoms with Crippen LogP contribution in [0, 0.1) is 0 Å². The molecule has 4 nitrogen and oxygen atoms in total. The Hall–Kier alpha value is -1.49. The van der Waals surface area contributed by atoms with E-state index in [9.17, 15) is 9.59 Å². The standard InChI is InChI=1S/C14H20N2O2S/c1-11(7-8-12-5-3-2-4-6-12)19-10-9-13(17)16-14(15)18/h2-6,11H,7-10H2,1H3,(H3,15,16,17,18). The number of rotatable bonds is 7. The zero-order valence-electron chi connectivity index (χ0n) is 11.1. The average Bonchev–Trinajstić information content (AvgIpc) is 2.36. The maximum atomic E-state index is 11.2. The lowest BCUT2D eigenvalue weighted by atomic mass is 10.1. The molecule has 1 aromatic carbocycles. The summed E-state index contributed by atoms with van der Waals surface area (Å²) in [5, 5.41) is 2.55. The molecule has 1 unspecified atom stereocenters. The molecule has 104 valence electrons. The highest BCUT2D eigenvalue weighted by atomic mass is 32.2. The molecular weight excluding hydrogens is 260 g/mol. The van der Waals surface area contributed by atoms with Gasteiger partial charge in [0.25, 0.3) is 0 Å². The van der Waals surface area contributed by atoms with Crippen molar-refractivity contribution < 1.29 is 9.59 Å². The number of imide groups is 1. The molecule has 3 N–H and O–H groups in total. The van der Waals surface area contributed by atoms with Crippen LogP contribution in [0.1, 0.15) is 25.3 Å². The summed E-state index contributed by atoms with van der Waals surface area (Å²) in [4.78, 5) is 21.6. The summed E-state index contributed by atoms with van der Waals surface area (Å²) in [7, 11) is 0. The Morgan fingerprint density at radius 3 is 2.63 bits per heavy atom. The third-order valence-corrected chi connectivity index (χ3v) is 3.92. The van der Waals surface area contributed by atoms with Crippen LogP contribution >= 0.6 is 11.8 Å². The van der Waals surface area contributed by atoms with Gasteiger partial charge in [-0.3, -0.25) is 10.1 Å². The molecule has 1 aromatic rings. The van der Waals surface area contributed by atoms with Gasteiger partial charge in [0.1, 0.15) is 0 Å². The van der Waals surface area contributed by atoms with E-state index in [1.54, 1.807) is 11.8 Å². The summed E-state index contributed by atoms with van der Waals surface area (Å²) < 4.78 is 0. The van der Waals surface area contributed by atoms with Gasteiger partial charge in [0.05, 0.1) is 0 Å². The normalized spacial score (nSPS) is 11.8. The van der Waals surface area contributed by atoms with E-state index in [-0.39, 0.29) is 5.91 Å². The highest BCUT2D eigenvalue weighted by molar-refractivity contribution is 7.99. The van der Waals surface area contributed by atoms with Crippen LogP contribution in [-0.4, -0.2) is 22.9 Å². The number of nitrogens with one attached hydrogen (secondary N) is 1. The van der Waals surface area contributed by atoms with Crippen LogP contribution in [0.25, 0.3) is 0 Å². The molecule has 19 heavy (non-hydrogen) atoms. The molecule has 5 heteroatoms. The van der Waals surface area contributed by atoms with Gasteiger partial charge >= 0.3 is 6.03 Å².